The first-order valence-corrected chi connectivity index (χ1v) is 8.66. The Hall–Kier alpha value is -1.85. The zero-order valence-electron chi connectivity index (χ0n) is 14.6. The van der Waals surface area contributed by atoms with Crippen LogP contribution in [0.3, 0.4) is 0 Å². The summed E-state index contributed by atoms with van der Waals surface area (Å²) in [5.74, 6) is -0.0702. The van der Waals surface area contributed by atoms with Gasteiger partial charge in [0.25, 0.3) is 5.91 Å². The van der Waals surface area contributed by atoms with Crippen LogP contribution < -0.4 is 10.2 Å². The van der Waals surface area contributed by atoms with E-state index in [2.05, 4.69) is 55.3 Å². The Labute approximate surface area is 152 Å². The number of carbonyl (C=O) groups excluding carboxylic acids is 1. The standard InChI is InChI=1S/C19H24BrN3O/c1-22(2)15-11-9-14(10-12-15)18(23(3)4)13-21-19(24)16-7-5-6-8-17(16)20/h5-12,18H,13H2,1-4H3,(H,21,24)/t18-/m0/s1. The highest BCUT2D eigenvalue weighted by molar-refractivity contribution is 9.10. The minimum absolute atomic E-state index is 0.0702. The number of benzene rings is 2. The van der Waals surface area contributed by atoms with Crippen molar-refractivity contribution in [2.45, 2.75) is 6.04 Å². The maximum atomic E-state index is 12.4. The molecule has 2 aromatic carbocycles. The first-order valence-electron chi connectivity index (χ1n) is 7.86. The SMILES string of the molecule is CN(C)c1ccc([C@H](CNC(=O)c2ccccc2Br)N(C)C)cc1. The summed E-state index contributed by atoms with van der Waals surface area (Å²) < 4.78 is 0.805. The average Bonchev–Trinajstić information content (AvgIpc) is 2.55. The number of hydrogen-bond acceptors (Lipinski definition) is 3. The van der Waals surface area contributed by atoms with Gasteiger partial charge in [-0.3, -0.25) is 4.79 Å². The molecule has 0 aliphatic rings. The van der Waals surface area contributed by atoms with Crippen molar-refractivity contribution in [3.63, 3.8) is 0 Å². The maximum Gasteiger partial charge on any atom is 0.252 e. The van der Waals surface area contributed by atoms with E-state index in [0.29, 0.717) is 12.1 Å². The van der Waals surface area contributed by atoms with Crippen molar-refractivity contribution in [2.24, 2.45) is 0 Å². The quantitative estimate of drug-likeness (QED) is 0.820. The van der Waals surface area contributed by atoms with Crippen molar-refractivity contribution < 1.29 is 4.79 Å². The second-order valence-electron chi connectivity index (χ2n) is 6.16. The normalized spacial score (nSPS) is 12.1. The molecule has 0 aliphatic carbocycles. The molecule has 2 rings (SSSR count). The van der Waals surface area contributed by atoms with Crippen molar-refractivity contribution in [3.05, 3.63) is 64.1 Å². The molecule has 0 unspecified atom stereocenters. The largest absolute Gasteiger partial charge is 0.378 e. The summed E-state index contributed by atoms with van der Waals surface area (Å²) in [6.45, 7) is 0.550. The Balaban J connectivity index is 2.09. The molecule has 0 aromatic heterocycles. The molecule has 0 spiro atoms. The molecule has 0 aliphatic heterocycles. The van der Waals surface area contributed by atoms with Gasteiger partial charge in [0.15, 0.2) is 0 Å². The van der Waals surface area contributed by atoms with Crippen LogP contribution in [0, 0.1) is 0 Å². The van der Waals surface area contributed by atoms with Gasteiger partial charge in [-0.15, -0.1) is 0 Å². The summed E-state index contributed by atoms with van der Waals surface area (Å²) in [6.07, 6.45) is 0. The summed E-state index contributed by atoms with van der Waals surface area (Å²) in [4.78, 5) is 16.6. The number of nitrogens with zero attached hydrogens (tertiary/aromatic N) is 2. The zero-order chi connectivity index (χ0) is 17.7. The van der Waals surface area contributed by atoms with Crippen LogP contribution in [0.5, 0.6) is 0 Å². The van der Waals surface area contributed by atoms with E-state index in [0.717, 1.165) is 10.2 Å². The molecule has 1 N–H and O–H groups in total. The number of nitrogens with one attached hydrogen (secondary N) is 1. The van der Waals surface area contributed by atoms with E-state index >= 15 is 0 Å². The molecule has 0 saturated heterocycles. The summed E-state index contributed by atoms with van der Waals surface area (Å²) in [7, 11) is 8.09. The third-order valence-corrected chi connectivity index (χ3v) is 4.68. The van der Waals surface area contributed by atoms with E-state index in [4.69, 9.17) is 0 Å². The Morgan fingerprint density at radius 3 is 2.21 bits per heavy atom. The fourth-order valence-corrected chi connectivity index (χ4v) is 2.99. The van der Waals surface area contributed by atoms with Gasteiger partial charge in [-0.2, -0.15) is 0 Å². The highest BCUT2D eigenvalue weighted by Crippen LogP contribution is 2.21. The molecular weight excluding hydrogens is 366 g/mol. The lowest BCUT2D eigenvalue weighted by Crippen LogP contribution is -2.34. The van der Waals surface area contributed by atoms with Crippen LogP contribution in [0.15, 0.2) is 53.0 Å². The topological polar surface area (TPSA) is 35.6 Å². The summed E-state index contributed by atoms with van der Waals surface area (Å²) in [5, 5.41) is 3.04. The summed E-state index contributed by atoms with van der Waals surface area (Å²) in [6, 6.07) is 16.0. The molecule has 0 bridgehead atoms. The van der Waals surface area contributed by atoms with Gasteiger partial charge in [-0.25, -0.2) is 0 Å². The zero-order valence-corrected chi connectivity index (χ0v) is 16.2. The maximum absolute atomic E-state index is 12.4. The van der Waals surface area contributed by atoms with Crippen LogP contribution >= 0.6 is 15.9 Å². The lowest BCUT2D eigenvalue weighted by atomic mass is 10.0. The molecule has 0 fully saturated rings. The summed E-state index contributed by atoms with van der Waals surface area (Å²) >= 11 is 3.42. The molecule has 0 saturated carbocycles. The van der Waals surface area contributed by atoms with Crippen molar-refractivity contribution >= 4 is 27.5 Å². The number of rotatable bonds is 6. The smallest absolute Gasteiger partial charge is 0.252 e. The number of likely N-dealkylation sites (N-methyl/N-ethyl adjacent to an activating group) is 1. The minimum atomic E-state index is -0.0702. The number of amides is 1. The van der Waals surface area contributed by atoms with E-state index < -0.39 is 0 Å². The monoisotopic (exact) mass is 389 g/mol. The lowest BCUT2D eigenvalue weighted by molar-refractivity contribution is 0.0941. The fraction of sp³-hybridized carbons (Fsp3) is 0.316. The number of carbonyl (C=O) groups is 1. The molecule has 2 aromatic rings. The summed E-state index contributed by atoms with van der Waals surface area (Å²) in [5.41, 5.74) is 2.99. The van der Waals surface area contributed by atoms with Gasteiger partial charge in [-0.1, -0.05) is 24.3 Å². The molecule has 0 radical (unpaired) electrons. The third-order valence-electron chi connectivity index (χ3n) is 3.99. The van der Waals surface area contributed by atoms with E-state index in [1.807, 2.05) is 52.5 Å². The van der Waals surface area contributed by atoms with E-state index in [9.17, 15) is 4.79 Å². The predicted octanol–water partition coefficient (Wildman–Crippen LogP) is 3.55. The number of hydrogen-bond donors (Lipinski definition) is 1. The van der Waals surface area contributed by atoms with Crippen LogP contribution in [0.2, 0.25) is 0 Å². The first kappa shape index (κ1) is 18.5. The Kier molecular flexibility index (Phi) is 6.40. The van der Waals surface area contributed by atoms with Crippen LogP contribution in [-0.4, -0.2) is 45.5 Å². The molecule has 5 heteroatoms. The van der Waals surface area contributed by atoms with Crippen LogP contribution in [-0.2, 0) is 0 Å². The van der Waals surface area contributed by atoms with Gasteiger partial charge >= 0.3 is 0 Å². The highest BCUT2D eigenvalue weighted by atomic mass is 79.9. The van der Waals surface area contributed by atoms with Crippen molar-refractivity contribution in [2.75, 3.05) is 39.6 Å². The van der Waals surface area contributed by atoms with Gasteiger partial charge in [0.2, 0.25) is 0 Å². The van der Waals surface area contributed by atoms with Crippen molar-refractivity contribution in [1.82, 2.24) is 10.2 Å². The van der Waals surface area contributed by atoms with Gasteiger partial charge < -0.3 is 15.1 Å². The molecular formula is C19H24BrN3O. The Morgan fingerprint density at radius 2 is 1.67 bits per heavy atom. The van der Waals surface area contributed by atoms with Crippen LogP contribution in [0.4, 0.5) is 5.69 Å². The van der Waals surface area contributed by atoms with Gasteiger partial charge in [0.1, 0.15) is 0 Å². The second-order valence-corrected chi connectivity index (χ2v) is 7.01. The minimum Gasteiger partial charge on any atom is -0.378 e. The highest BCUT2D eigenvalue weighted by Gasteiger charge is 2.17. The van der Waals surface area contributed by atoms with Gasteiger partial charge in [0.05, 0.1) is 11.6 Å². The van der Waals surface area contributed by atoms with Crippen molar-refractivity contribution in [1.29, 1.82) is 0 Å². The van der Waals surface area contributed by atoms with E-state index in [1.165, 1.54) is 5.56 Å². The van der Waals surface area contributed by atoms with E-state index in [1.54, 1.807) is 0 Å². The lowest BCUT2D eigenvalue weighted by Gasteiger charge is -2.26. The van der Waals surface area contributed by atoms with E-state index in [-0.39, 0.29) is 11.9 Å². The molecule has 1 atom stereocenters. The average molecular weight is 390 g/mol. The second kappa shape index (κ2) is 8.31. The third kappa shape index (κ3) is 4.58. The van der Waals surface area contributed by atoms with Gasteiger partial charge in [-0.05, 0) is 59.9 Å². The Morgan fingerprint density at radius 1 is 1.04 bits per heavy atom. The predicted molar refractivity (Wildman–Crippen MR) is 104 cm³/mol. The number of halogens is 1. The fourth-order valence-electron chi connectivity index (χ4n) is 2.52. The Bertz CT molecular complexity index is 683. The van der Waals surface area contributed by atoms with Crippen molar-refractivity contribution in [3.8, 4) is 0 Å². The van der Waals surface area contributed by atoms with Crippen LogP contribution in [0.25, 0.3) is 0 Å². The molecule has 128 valence electrons. The molecule has 0 heterocycles. The molecule has 1 amide bonds. The van der Waals surface area contributed by atoms with Crippen LogP contribution in [0.1, 0.15) is 22.0 Å². The van der Waals surface area contributed by atoms with Gasteiger partial charge in [0, 0.05) is 30.8 Å². The number of anilines is 1. The molecule has 24 heavy (non-hydrogen) atoms. The first-order chi connectivity index (χ1) is 11.4. The molecule has 4 nitrogen and oxygen atoms in total.